The maximum Gasteiger partial charge on any atom is 0.241 e. The van der Waals surface area contributed by atoms with Gasteiger partial charge in [-0.05, 0) is 43.0 Å². The summed E-state index contributed by atoms with van der Waals surface area (Å²) in [5.74, 6) is 1.10. The Kier molecular flexibility index (Phi) is 6.69. The van der Waals surface area contributed by atoms with Crippen molar-refractivity contribution in [1.82, 2.24) is 4.90 Å². The van der Waals surface area contributed by atoms with E-state index in [1.165, 1.54) is 0 Å². The molecule has 4 heteroatoms. The van der Waals surface area contributed by atoms with Crippen LogP contribution in [0.1, 0.15) is 34.6 Å². The van der Waals surface area contributed by atoms with E-state index in [4.69, 9.17) is 5.73 Å². The zero-order valence-electron chi connectivity index (χ0n) is 13.9. The summed E-state index contributed by atoms with van der Waals surface area (Å²) in [5, 5.41) is 2.96. The largest absolute Gasteiger partial charge is 0.399 e. The fraction of sp³-hybridized carbons (Fsp3) is 0.588. The molecule has 0 aromatic heterocycles. The molecule has 1 unspecified atom stereocenters. The molecule has 0 aliphatic carbocycles. The molecule has 4 nitrogen and oxygen atoms in total. The summed E-state index contributed by atoms with van der Waals surface area (Å²) in [7, 11) is 0. The first-order chi connectivity index (χ1) is 9.79. The van der Waals surface area contributed by atoms with Crippen molar-refractivity contribution in [3.8, 4) is 0 Å². The van der Waals surface area contributed by atoms with E-state index in [9.17, 15) is 4.79 Å². The van der Waals surface area contributed by atoms with Gasteiger partial charge in [0.15, 0.2) is 0 Å². The molecule has 0 aliphatic heterocycles. The normalized spacial score (nSPS) is 13.0. The van der Waals surface area contributed by atoms with Gasteiger partial charge in [-0.2, -0.15) is 0 Å². The van der Waals surface area contributed by atoms with E-state index in [-0.39, 0.29) is 11.9 Å². The first-order valence-electron chi connectivity index (χ1n) is 7.70. The number of hydrogen-bond donors (Lipinski definition) is 2. The van der Waals surface area contributed by atoms with Crippen molar-refractivity contribution < 1.29 is 4.79 Å². The number of nitrogens with zero attached hydrogens (tertiary/aromatic N) is 1. The quantitative estimate of drug-likeness (QED) is 0.758. The first-order valence-corrected chi connectivity index (χ1v) is 7.70. The molecule has 0 radical (unpaired) electrons. The molecule has 0 aliphatic rings. The average molecular weight is 291 g/mol. The predicted octanol–water partition coefficient (Wildman–Crippen LogP) is 3.21. The van der Waals surface area contributed by atoms with Crippen LogP contribution in [-0.4, -0.2) is 29.9 Å². The van der Waals surface area contributed by atoms with Crippen molar-refractivity contribution in [2.75, 3.05) is 24.1 Å². The van der Waals surface area contributed by atoms with Crippen LogP contribution in [0.5, 0.6) is 0 Å². The molecule has 0 bridgehead atoms. The molecule has 21 heavy (non-hydrogen) atoms. The Morgan fingerprint density at radius 2 is 1.52 bits per heavy atom. The van der Waals surface area contributed by atoms with Gasteiger partial charge >= 0.3 is 0 Å². The Bertz CT molecular complexity index is 430. The third-order valence-electron chi connectivity index (χ3n) is 3.30. The molecule has 0 saturated carbocycles. The molecule has 0 heterocycles. The van der Waals surface area contributed by atoms with Gasteiger partial charge in [0.2, 0.25) is 5.91 Å². The highest BCUT2D eigenvalue weighted by Crippen LogP contribution is 2.13. The molecule has 3 N–H and O–H groups in total. The molecule has 1 atom stereocenters. The molecule has 1 aromatic carbocycles. The Balaban J connectivity index is 2.70. The second-order valence-electron chi connectivity index (χ2n) is 6.53. The standard InChI is InChI=1S/C17H29N3O/c1-12(2)10-20(11-13(3)4)14(5)17(21)19-16-8-6-15(18)7-9-16/h6-9,12-14H,10-11,18H2,1-5H3,(H,19,21). The van der Waals surface area contributed by atoms with Gasteiger partial charge in [-0.15, -0.1) is 0 Å². The Morgan fingerprint density at radius 1 is 1.05 bits per heavy atom. The maximum absolute atomic E-state index is 12.4. The third kappa shape index (κ3) is 6.17. The van der Waals surface area contributed by atoms with E-state index in [1.807, 2.05) is 19.1 Å². The Labute approximate surface area is 128 Å². The lowest BCUT2D eigenvalue weighted by atomic mass is 10.1. The van der Waals surface area contributed by atoms with Crippen molar-refractivity contribution in [2.45, 2.75) is 40.7 Å². The fourth-order valence-corrected chi connectivity index (χ4v) is 2.31. The molecule has 0 saturated heterocycles. The van der Waals surface area contributed by atoms with Crippen molar-refractivity contribution in [3.63, 3.8) is 0 Å². The van der Waals surface area contributed by atoms with Crippen LogP contribution < -0.4 is 11.1 Å². The van der Waals surface area contributed by atoms with E-state index >= 15 is 0 Å². The van der Waals surface area contributed by atoms with Crippen LogP contribution in [0, 0.1) is 11.8 Å². The lowest BCUT2D eigenvalue weighted by Gasteiger charge is -2.31. The van der Waals surface area contributed by atoms with Crippen molar-refractivity contribution >= 4 is 17.3 Å². The maximum atomic E-state index is 12.4. The van der Waals surface area contributed by atoms with Gasteiger partial charge in [-0.1, -0.05) is 27.7 Å². The van der Waals surface area contributed by atoms with Gasteiger partial charge in [0.05, 0.1) is 6.04 Å². The summed E-state index contributed by atoms with van der Waals surface area (Å²) in [6.07, 6.45) is 0. The van der Waals surface area contributed by atoms with Gasteiger partial charge in [0, 0.05) is 24.5 Å². The minimum Gasteiger partial charge on any atom is -0.399 e. The summed E-state index contributed by atoms with van der Waals surface area (Å²) < 4.78 is 0. The monoisotopic (exact) mass is 291 g/mol. The molecule has 1 rings (SSSR count). The minimum atomic E-state index is -0.146. The predicted molar refractivity (Wildman–Crippen MR) is 90.2 cm³/mol. The van der Waals surface area contributed by atoms with Gasteiger partial charge in [0.1, 0.15) is 0 Å². The minimum absolute atomic E-state index is 0.0288. The highest BCUT2D eigenvalue weighted by Gasteiger charge is 2.22. The summed E-state index contributed by atoms with van der Waals surface area (Å²) in [4.78, 5) is 14.7. The molecular weight excluding hydrogens is 262 g/mol. The lowest BCUT2D eigenvalue weighted by molar-refractivity contribution is -0.121. The molecule has 0 spiro atoms. The first kappa shape index (κ1) is 17.5. The van der Waals surface area contributed by atoms with Crippen LogP contribution >= 0.6 is 0 Å². The van der Waals surface area contributed by atoms with Gasteiger partial charge < -0.3 is 11.1 Å². The molecule has 1 aromatic rings. The third-order valence-corrected chi connectivity index (χ3v) is 3.30. The van der Waals surface area contributed by atoms with E-state index in [2.05, 4.69) is 37.9 Å². The van der Waals surface area contributed by atoms with Crippen LogP contribution in [0.3, 0.4) is 0 Å². The molecular formula is C17H29N3O. The number of amides is 1. The SMILES string of the molecule is CC(C)CN(CC(C)C)C(C)C(=O)Nc1ccc(N)cc1. The van der Waals surface area contributed by atoms with Crippen LogP contribution in [0.2, 0.25) is 0 Å². The summed E-state index contributed by atoms with van der Waals surface area (Å²) in [6.45, 7) is 12.5. The zero-order chi connectivity index (χ0) is 16.0. The number of carbonyl (C=O) groups is 1. The number of rotatable bonds is 7. The highest BCUT2D eigenvalue weighted by molar-refractivity contribution is 5.94. The number of anilines is 2. The van der Waals surface area contributed by atoms with E-state index in [1.54, 1.807) is 12.1 Å². The van der Waals surface area contributed by atoms with Crippen LogP contribution in [0.25, 0.3) is 0 Å². The summed E-state index contributed by atoms with van der Waals surface area (Å²) in [5.41, 5.74) is 7.14. The van der Waals surface area contributed by atoms with Gasteiger partial charge in [0.25, 0.3) is 0 Å². The van der Waals surface area contributed by atoms with E-state index in [0.717, 1.165) is 18.8 Å². The number of nitrogens with one attached hydrogen (secondary N) is 1. The highest BCUT2D eigenvalue weighted by atomic mass is 16.2. The van der Waals surface area contributed by atoms with E-state index < -0.39 is 0 Å². The second kappa shape index (κ2) is 8.03. The van der Waals surface area contributed by atoms with Crippen molar-refractivity contribution in [1.29, 1.82) is 0 Å². The number of benzene rings is 1. The molecule has 0 fully saturated rings. The average Bonchev–Trinajstić information content (AvgIpc) is 2.38. The van der Waals surface area contributed by atoms with E-state index in [0.29, 0.717) is 17.5 Å². The number of nitrogens with two attached hydrogens (primary N) is 1. The Morgan fingerprint density at radius 3 is 1.95 bits per heavy atom. The molecule has 118 valence electrons. The number of hydrogen-bond acceptors (Lipinski definition) is 3. The van der Waals surface area contributed by atoms with Crippen LogP contribution in [0.4, 0.5) is 11.4 Å². The zero-order valence-corrected chi connectivity index (χ0v) is 13.9. The number of nitrogen functional groups attached to an aromatic ring is 1. The fourth-order valence-electron chi connectivity index (χ4n) is 2.31. The van der Waals surface area contributed by atoms with Crippen LogP contribution in [0.15, 0.2) is 24.3 Å². The van der Waals surface area contributed by atoms with Crippen LogP contribution in [-0.2, 0) is 4.79 Å². The van der Waals surface area contributed by atoms with Gasteiger partial charge in [-0.3, -0.25) is 9.69 Å². The lowest BCUT2D eigenvalue weighted by Crippen LogP contribution is -2.45. The Hall–Kier alpha value is -1.55. The number of carbonyl (C=O) groups excluding carboxylic acids is 1. The second-order valence-corrected chi connectivity index (χ2v) is 6.53. The van der Waals surface area contributed by atoms with Gasteiger partial charge in [-0.25, -0.2) is 0 Å². The topological polar surface area (TPSA) is 58.4 Å². The van der Waals surface area contributed by atoms with Crippen molar-refractivity contribution in [2.24, 2.45) is 11.8 Å². The van der Waals surface area contributed by atoms with Crippen molar-refractivity contribution in [3.05, 3.63) is 24.3 Å². The smallest absolute Gasteiger partial charge is 0.241 e. The molecule has 1 amide bonds. The summed E-state index contributed by atoms with van der Waals surface area (Å²) in [6, 6.07) is 7.10. The summed E-state index contributed by atoms with van der Waals surface area (Å²) >= 11 is 0.